The van der Waals surface area contributed by atoms with Crippen molar-refractivity contribution < 1.29 is 12.9 Å². The molecule has 1 aromatic rings. The molecule has 1 heterocycles. The van der Waals surface area contributed by atoms with Crippen molar-refractivity contribution in [1.82, 2.24) is 9.88 Å². The minimum absolute atomic E-state index is 0.187. The average Bonchev–Trinajstić information content (AvgIpc) is 2.71. The summed E-state index contributed by atoms with van der Waals surface area (Å²) in [6, 6.07) is 1.61. The van der Waals surface area contributed by atoms with Crippen LogP contribution in [0.15, 0.2) is 10.6 Å². The fourth-order valence-electron chi connectivity index (χ4n) is 1.49. The van der Waals surface area contributed by atoms with Crippen LogP contribution in [0, 0.1) is 6.92 Å². The molecule has 7 heteroatoms. The summed E-state index contributed by atoms with van der Waals surface area (Å²) < 4.78 is 31.0. The van der Waals surface area contributed by atoms with E-state index in [2.05, 4.69) is 9.88 Å². The Hall–Kier alpha value is -0.920. The summed E-state index contributed by atoms with van der Waals surface area (Å²) in [7, 11) is -3.43. The number of sulfonamides is 1. The van der Waals surface area contributed by atoms with Gasteiger partial charge in [-0.3, -0.25) is 0 Å². The Morgan fingerprint density at radius 1 is 1.44 bits per heavy atom. The molecule has 0 aliphatic heterocycles. The van der Waals surface area contributed by atoms with E-state index in [1.54, 1.807) is 13.0 Å². The number of nitrogens with two attached hydrogens (primary N) is 1. The Morgan fingerprint density at radius 3 is 2.50 bits per heavy atom. The zero-order valence-corrected chi connectivity index (χ0v) is 11.9. The van der Waals surface area contributed by atoms with Crippen LogP contribution in [-0.2, 0) is 15.8 Å². The molecule has 0 aliphatic rings. The van der Waals surface area contributed by atoms with E-state index in [4.69, 9.17) is 10.3 Å². The summed E-state index contributed by atoms with van der Waals surface area (Å²) in [5.41, 5.74) is 5.95. The molecule has 3 N–H and O–H groups in total. The summed E-state index contributed by atoms with van der Waals surface area (Å²) in [6.45, 7) is 5.84. The third-order valence-electron chi connectivity index (χ3n) is 3.07. The van der Waals surface area contributed by atoms with E-state index in [1.165, 1.54) is 0 Å². The number of nitrogens with one attached hydrogen (secondary N) is 1. The zero-order chi connectivity index (χ0) is 13.8. The van der Waals surface area contributed by atoms with Gasteiger partial charge in [0.05, 0.1) is 0 Å². The summed E-state index contributed by atoms with van der Waals surface area (Å²) in [5.74, 6) is 0.406. The second-order valence-corrected chi connectivity index (χ2v) is 6.39. The lowest BCUT2D eigenvalue weighted by Gasteiger charge is -2.26. The first kappa shape index (κ1) is 15.1. The lowest BCUT2D eigenvalue weighted by atomic mass is 9.95. The van der Waals surface area contributed by atoms with E-state index < -0.39 is 15.6 Å². The predicted octanol–water partition coefficient (Wildman–Crippen LogP) is 0.920. The molecule has 0 amide bonds. The summed E-state index contributed by atoms with van der Waals surface area (Å²) >= 11 is 0. The van der Waals surface area contributed by atoms with Gasteiger partial charge in [-0.05, 0) is 19.8 Å². The molecular formula is C11H21N3O3S. The van der Waals surface area contributed by atoms with E-state index in [0.717, 1.165) is 12.8 Å². The highest BCUT2D eigenvalue weighted by Crippen LogP contribution is 2.11. The number of aryl methyl sites for hydroxylation is 1. The molecule has 0 aliphatic carbocycles. The zero-order valence-electron chi connectivity index (χ0n) is 11.1. The lowest BCUT2D eigenvalue weighted by Crippen LogP contribution is -2.49. The molecule has 104 valence electrons. The molecule has 0 saturated carbocycles. The first-order valence-corrected chi connectivity index (χ1v) is 7.64. The Bertz CT molecular complexity index is 477. The normalized spacial score (nSPS) is 12.9. The number of nitrogens with zero attached hydrogens (tertiary/aromatic N) is 1. The van der Waals surface area contributed by atoms with Crippen LogP contribution in [0.1, 0.15) is 38.1 Å². The van der Waals surface area contributed by atoms with Crippen LogP contribution in [0.4, 0.5) is 0 Å². The third kappa shape index (κ3) is 4.40. The van der Waals surface area contributed by atoms with Crippen LogP contribution in [0.2, 0.25) is 0 Å². The maximum atomic E-state index is 11.8. The van der Waals surface area contributed by atoms with Gasteiger partial charge in [-0.1, -0.05) is 19.0 Å². The molecule has 0 bridgehead atoms. The first-order valence-electron chi connectivity index (χ1n) is 5.98. The maximum Gasteiger partial charge on any atom is 0.217 e. The molecular weight excluding hydrogens is 254 g/mol. The molecule has 0 atom stereocenters. The van der Waals surface area contributed by atoms with Crippen LogP contribution < -0.4 is 10.5 Å². The standard InChI is InChI=1S/C11H21N3O3S/c1-4-11(12,5-2)8-13-18(15,16)7-10-6-9(3)17-14-10/h6,13H,4-5,7-8,12H2,1-3H3. The van der Waals surface area contributed by atoms with Gasteiger partial charge >= 0.3 is 0 Å². The molecule has 1 rings (SSSR count). The molecule has 0 saturated heterocycles. The van der Waals surface area contributed by atoms with Gasteiger partial charge in [-0.25, -0.2) is 13.1 Å². The van der Waals surface area contributed by atoms with Crippen molar-refractivity contribution in [3.05, 3.63) is 17.5 Å². The molecule has 18 heavy (non-hydrogen) atoms. The number of hydrogen-bond donors (Lipinski definition) is 2. The summed E-state index contributed by atoms with van der Waals surface area (Å²) in [4.78, 5) is 0. The van der Waals surface area contributed by atoms with Gasteiger partial charge in [-0.2, -0.15) is 0 Å². The maximum absolute atomic E-state index is 11.8. The monoisotopic (exact) mass is 275 g/mol. The smallest absolute Gasteiger partial charge is 0.217 e. The van der Waals surface area contributed by atoms with Gasteiger partial charge in [0.1, 0.15) is 17.2 Å². The highest BCUT2D eigenvalue weighted by molar-refractivity contribution is 7.88. The second-order valence-electron chi connectivity index (χ2n) is 4.58. The highest BCUT2D eigenvalue weighted by Gasteiger charge is 2.23. The van der Waals surface area contributed by atoms with Crippen LogP contribution >= 0.6 is 0 Å². The number of rotatable bonds is 7. The van der Waals surface area contributed by atoms with Crippen molar-refractivity contribution in [2.45, 2.75) is 44.9 Å². The van der Waals surface area contributed by atoms with Crippen LogP contribution in [0.25, 0.3) is 0 Å². The van der Waals surface area contributed by atoms with E-state index in [-0.39, 0.29) is 12.3 Å². The Kier molecular flexibility index (Phi) is 4.89. The van der Waals surface area contributed by atoms with Gasteiger partial charge in [0.15, 0.2) is 0 Å². The summed E-state index contributed by atoms with van der Waals surface area (Å²) in [5, 5.41) is 3.66. The second kappa shape index (κ2) is 5.81. The van der Waals surface area contributed by atoms with Crippen molar-refractivity contribution >= 4 is 10.0 Å². The minimum atomic E-state index is -3.43. The van der Waals surface area contributed by atoms with Gasteiger partial charge in [0.2, 0.25) is 10.0 Å². The van der Waals surface area contributed by atoms with Crippen molar-refractivity contribution in [3.8, 4) is 0 Å². The van der Waals surface area contributed by atoms with Gasteiger partial charge in [-0.15, -0.1) is 0 Å². The van der Waals surface area contributed by atoms with E-state index in [0.29, 0.717) is 11.5 Å². The summed E-state index contributed by atoms with van der Waals surface area (Å²) in [6.07, 6.45) is 1.43. The van der Waals surface area contributed by atoms with Gasteiger partial charge in [0.25, 0.3) is 0 Å². The predicted molar refractivity (Wildman–Crippen MR) is 69.4 cm³/mol. The molecule has 0 unspecified atom stereocenters. The van der Waals surface area contributed by atoms with Crippen molar-refractivity contribution in [3.63, 3.8) is 0 Å². The van der Waals surface area contributed by atoms with Crippen molar-refractivity contribution in [2.24, 2.45) is 5.73 Å². The van der Waals surface area contributed by atoms with Crippen LogP contribution in [0.5, 0.6) is 0 Å². The van der Waals surface area contributed by atoms with Gasteiger partial charge in [0, 0.05) is 18.2 Å². The lowest BCUT2D eigenvalue weighted by molar-refractivity contribution is 0.388. The minimum Gasteiger partial charge on any atom is -0.361 e. The quantitative estimate of drug-likeness (QED) is 0.771. The molecule has 0 aromatic carbocycles. The van der Waals surface area contributed by atoms with E-state index in [9.17, 15) is 8.42 Å². The van der Waals surface area contributed by atoms with Crippen LogP contribution in [0.3, 0.4) is 0 Å². The fourth-order valence-corrected chi connectivity index (χ4v) is 2.62. The molecule has 0 fully saturated rings. The molecule has 6 nitrogen and oxygen atoms in total. The topological polar surface area (TPSA) is 98.2 Å². The van der Waals surface area contributed by atoms with Crippen molar-refractivity contribution in [2.75, 3.05) is 6.54 Å². The third-order valence-corrected chi connectivity index (χ3v) is 4.33. The first-order chi connectivity index (χ1) is 8.30. The fraction of sp³-hybridized carbons (Fsp3) is 0.727. The van der Waals surface area contributed by atoms with E-state index >= 15 is 0 Å². The van der Waals surface area contributed by atoms with Crippen molar-refractivity contribution in [1.29, 1.82) is 0 Å². The van der Waals surface area contributed by atoms with Gasteiger partial charge < -0.3 is 10.3 Å². The average molecular weight is 275 g/mol. The largest absolute Gasteiger partial charge is 0.361 e. The number of hydrogen-bond acceptors (Lipinski definition) is 5. The highest BCUT2D eigenvalue weighted by atomic mass is 32.2. The molecule has 1 aromatic heterocycles. The SMILES string of the molecule is CCC(N)(CC)CNS(=O)(=O)Cc1cc(C)on1. The Labute approximate surface area is 108 Å². The Balaban J connectivity index is 2.60. The Morgan fingerprint density at radius 2 is 2.06 bits per heavy atom. The molecule has 0 radical (unpaired) electrons. The van der Waals surface area contributed by atoms with E-state index in [1.807, 2.05) is 13.8 Å². The molecule has 0 spiro atoms. The number of aromatic nitrogens is 1. The van der Waals surface area contributed by atoms with Crippen LogP contribution in [-0.4, -0.2) is 25.7 Å².